The first-order valence-electron chi connectivity index (χ1n) is 11.0. The summed E-state index contributed by atoms with van der Waals surface area (Å²) in [6, 6.07) is 16.6. The van der Waals surface area contributed by atoms with E-state index in [1.54, 1.807) is 12.1 Å². The number of aromatic nitrogens is 3. The van der Waals surface area contributed by atoms with Crippen LogP contribution in [0.15, 0.2) is 59.8 Å². The van der Waals surface area contributed by atoms with Crippen molar-refractivity contribution in [2.24, 2.45) is 0 Å². The number of amides is 1. The van der Waals surface area contributed by atoms with Gasteiger partial charge in [0.25, 0.3) is 5.69 Å². The normalized spacial score (nSPS) is 16.1. The van der Waals surface area contributed by atoms with Gasteiger partial charge in [-0.2, -0.15) is 0 Å². The lowest BCUT2D eigenvalue weighted by Gasteiger charge is -2.36. The van der Waals surface area contributed by atoms with Crippen LogP contribution in [-0.2, 0) is 4.79 Å². The average molecular weight is 465 g/mol. The quantitative estimate of drug-likeness (QED) is 0.300. The maximum atomic E-state index is 12.9. The number of nitro groups is 1. The van der Waals surface area contributed by atoms with Gasteiger partial charge in [0.05, 0.1) is 10.7 Å². The number of carbonyl (C=O) groups is 1. The largest absolute Gasteiger partial charge is 0.368 e. The van der Waals surface area contributed by atoms with Crippen molar-refractivity contribution in [3.63, 3.8) is 0 Å². The van der Waals surface area contributed by atoms with E-state index in [0.29, 0.717) is 37.8 Å². The van der Waals surface area contributed by atoms with E-state index in [-0.39, 0.29) is 11.6 Å². The summed E-state index contributed by atoms with van der Waals surface area (Å²) in [7, 11) is 0. The lowest BCUT2D eigenvalue weighted by Crippen LogP contribution is -2.49. The van der Waals surface area contributed by atoms with Crippen LogP contribution < -0.4 is 4.90 Å². The van der Waals surface area contributed by atoms with Gasteiger partial charge in [-0.05, 0) is 37.1 Å². The molecule has 1 aromatic heterocycles. The van der Waals surface area contributed by atoms with Gasteiger partial charge in [0.15, 0.2) is 5.16 Å². The third kappa shape index (κ3) is 4.70. The molecule has 0 atom stereocenters. The zero-order valence-corrected chi connectivity index (χ0v) is 18.9. The first kappa shape index (κ1) is 21.4. The van der Waals surface area contributed by atoms with Crippen molar-refractivity contribution >= 4 is 29.0 Å². The fraction of sp³-hybridized carbons (Fsp3) is 0.348. The highest BCUT2D eigenvalue weighted by Crippen LogP contribution is 2.41. The van der Waals surface area contributed by atoms with Crippen LogP contribution >= 0.6 is 11.8 Å². The predicted octanol–water partition coefficient (Wildman–Crippen LogP) is 3.49. The third-order valence-electron chi connectivity index (χ3n) is 6.00. The molecule has 1 aliphatic heterocycles. The van der Waals surface area contributed by atoms with E-state index in [4.69, 9.17) is 0 Å². The van der Waals surface area contributed by atoms with Crippen molar-refractivity contribution in [3.8, 4) is 5.69 Å². The fourth-order valence-corrected chi connectivity index (χ4v) is 4.88. The zero-order valence-electron chi connectivity index (χ0n) is 18.0. The lowest BCUT2D eigenvalue weighted by atomic mass is 10.2. The molecule has 1 aliphatic carbocycles. The van der Waals surface area contributed by atoms with Gasteiger partial charge in [-0.3, -0.25) is 19.5 Å². The summed E-state index contributed by atoms with van der Waals surface area (Å²) < 4.78 is 2.09. The number of non-ortho nitro benzene ring substituents is 1. The summed E-state index contributed by atoms with van der Waals surface area (Å²) in [6.45, 7) is 2.63. The molecule has 2 heterocycles. The van der Waals surface area contributed by atoms with Crippen LogP contribution in [-0.4, -0.2) is 62.4 Å². The van der Waals surface area contributed by atoms with Crippen LogP contribution in [0.1, 0.15) is 24.6 Å². The van der Waals surface area contributed by atoms with Crippen molar-refractivity contribution < 1.29 is 9.72 Å². The van der Waals surface area contributed by atoms with Crippen LogP contribution in [0.25, 0.3) is 5.69 Å². The molecule has 0 N–H and O–H groups in total. The number of thioether (sulfide) groups is 1. The van der Waals surface area contributed by atoms with Gasteiger partial charge in [0, 0.05) is 55.6 Å². The number of para-hydroxylation sites is 1. The molecular formula is C23H24N6O3S. The van der Waals surface area contributed by atoms with E-state index in [0.717, 1.165) is 35.2 Å². The first-order chi connectivity index (χ1) is 16.1. The van der Waals surface area contributed by atoms with Gasteiger partial charge in [0.1, 0.15) is 5.82 Å². The molecule has 2 aliphatic rings. The maximum absolute atomic E-state index is 12.9. The van der Waals surface area contributed by atoms with E-state index in [1.165, 1.54) is 23.9 Å². The maximum Gasteiger partial charge on any atom is 0.269 e. The van der Waals surface area contributed by atoms with Crippen molar-refractivity contribution in [1.82, 2.24) is 19.7 Å². The second kappa shape index (κ2) is 9.22. The van der Waals surface area contributed by atoms with Gasteiger partial charge in [-0.25, -0.2) is 0 Å². The Morgan fingerprint density at radius 3 is 2.30 bits per heavy atom. The van der Waals surface area contributed by atoms with E-state index in [2.05, 4.69) is 19.7 Å². The summed E-state index contributed by atoms with van der Waals surface area (Å²) in [5.74, 6) is 1.83. The molecule has 1 saturated carbocycles. The van der Waals surface area contributed by atoms with E-state index in [1.807, 2.05) is 35.2 Å². The van der Waals surface area contributed by atoms with Crippen LogP contribution in [0.4, 0.5) is 11.4 Å². The molecule has 0 bridgehead atoms. The average Bonchev–Trinajstić information content (AvgIpc) is 3.62. The molecule has 0 spiro atoms. The van der Waals surface area contributed by atoms with E-state index < -0.39 is 4.92 Å². The van der Waals surface area contributed by atoms with Gasteiger partial charge in [0.2, 0.25) is 5.91 Å². The van der Waals surface area contributed by atoms with Crippen molar-refractivity contribution in [2.75, 3.05) is 36.8 Å². The smallest absolute Gasteiger partial charge is 0.269 e. The lowest BCUT2D eigenvalue weighted by molar-refractivity contribution is -0.384. The Hall–Kier alpha value is -3.40. The Morgan fingerprint density at radius 2 is 1.67 bits per heavy atom. The van der Waals surface area contributed by atoms with Crippen LogP contribution in [0.3, 0.4) is 0 Å². The fourth-order valence-electron chi connectivity index (χ4n) is 4.02. The van der Waals surface area contributed by atoms with Crippen molar-refractivity contribution in [3.05, 3.63) is 70.5 Å². The minimum Gasteiger partial charge on any atom is -0.368 e. The molecule has 33 heavy (non-hydrogen) atoms. The number of carbonyl (C=O) groups excluding carboxylic acids is 1. The Morgan fingerprint density at radius 1 is 0.970 bits per heavy atom. The number of anilines is 1. The number of benzene rings is 2. The Labute approximate surface area is 195 Å². The molecule has 2 aromatic carbocycles. The number of piperazine rings is 1. The molecule has 0 radical (unpaired) electrons. The highest BCUT2D eigenvalue weighted by molar-refractivity contribution is 7.99. The molecule has 170 valence electrons. The monoisotopic (exact) mass is 464 g/mol. The van der Waals surface area contributed by atoms with Crippen LogP contribution in [0, 0.1) is 10.1 Å². The summed E-state index contributed by atoms with van der Waals surface area (Å²) >= 11 is 1.43. The van der Waals surface area contributed by atoms with Crippen LogP contribution in [0.2, 0.25) is 0 Å². The third-order valence-corrected chi connectivity index (χ3v) is 6.91. The molecule has 0 unspecified atom stereocenters. The molecule has 2 fully saturated rings. The summed E-state index contributed by atoms with van der Waals surface area (Å²) in [5.41, 5.74) is 2.04. The first-order valence-corrected chi connectivity index (χ1v) is 12.0. The van der Waals surface area contributed by atoms with Gasteiger partial charge >= 0.3 is 0 Å². The number of rotatable bonds is 7. The zero-order chi connectivity index (χ0) is 22.8. The highest BCUT2D eigenvalue weighted by atomic mass is 32.2. The molecule has 1 saturated heterocycles. The second-order valence-corrected chi connectivity index (χ2v) is 9.16. The predicted molar refractivity (Wildman–Crippen MR) is 126 cm³/mol. The van der Waals surface area contributed by atoms with Gasteiger partial charge < -0.3 is 9.80 Å². The number of nitro benzene ring substituents is 1. The Kier molecular flexibility index (Phi) is 5.99. The topological polar surface area (TPSA) is 97.4 Å². The highest BCUT2D eigenvalue weighted by Gasteiger charge is 2.31. The van der Waals surface area contributed by atoms with Gasteiger partial charge in [-0.1, -0.05) is 30.0 Å². The van der Waals surface area contributed by atoms with Crippen LogP contribution in [0.5, 0.6) is 0 Å². The summed E-state index contributed by atoms with van der Waals surface area (Å²) in [6.07, 6.45) is 2.27. The van der Waals surface area contributed by atoms with E-state index >= 15 is 0 Å². The molecular weight excluding hydrogens is 440 g/mol. The summed E-state index contributed by atoms with van der Waals surface area (Å²) in [4.78, 5) is 27.4. The Bertz CT molecular complexity index is 1140. The van der Waals surface area contributed by atoms with Gasteiger partial charge in [-0.15, -0.1) is 10.2 Å². The minimum atomic E-state index is -0.399. The molecule has 3 aromatic rings. The molecule has 5 rings (SSSR count). The van der Waals surface area contributed by atoms with E-state index in [9.17, 15) is 14.9 Å². The SMILES string of the molecule is O=C(CSc1nnc(C2CC2)n1-c1ccccc1)N1CCN(c2ccc([N+](=O)[O-])cc2)CC1. The van der Waals surface area contributed by atoms with Crippen molar-refractivity contribution in [2.45, 2.75) is 23.9 Å². The number of hydrogen-bond acceptors (Lipinski definition) is 7. The summed E-state index contributed by atoms with van der Waals surface area (Å²) in [5, 5.41) is 20.4. The number of hydrogen-bond donors (Lipinski definition) is 0. The molecule has 10 heteroatoms. The number of nitrogens with zero attached hydrogens (tertiary/aromatic N) is 6. The minimum absolute atomic E-state index is 0.0813. The molecule has 1 amide bonds. The standard InChI is InChI=1S/C23H24N6O3S/c30-21(27-14-12-26(13-15-27)18-8-10-20(11-9-18)29(31)32)16-33-23-25-24-22(17-6-7-17)28(23)19-4-2-1-3-5-19/h1-5,8-11,17H,6-7,12-16H2. The second-order valence-electron chi connectivity index (χ2n) is 8.22. The Balaban J connectivity index is 1.19. The molecule has 9 nitrogen and oxygen atoms in total. The van der Waals surface area contributed by atoms with Crippen molar-refractivity contribution in [1.29, 1.82) is 0 Å².